The van der Waals surface area contributed by atoms with Gasteiger partial charge in [-0.15, -0.1) is 0 Å². The molecular formula is C8H9F2NOS. The van der Waals surface area contributed by atoms with E-state index in [4.69, 9.17) is 0 Å². The smallest absolute Gasteiger partial charge is 0.147 e. The highest BCUT2D eigenvalue weighted by Gasteiger charge is 2.11. The third-order valence-electron chi connectivity index (χ3n) is 1.60. The van der Waals surface area contributed by atoms with E-state index in [-0.39, 0.29) is 10.6 Å². The van der Waals surface area contributed by atoms with Crippen LogP contribution in [0.15, 0.2) is 17.0 Å². The first kappa shape index (κ1) is 10.1. The third kappa shape index (κ3) is 2.03. The lowest BCUT2D eigenvalue weighted by molar-refractivity contribution is 0.575. The van der Waals surface area contributed by atoms with Crippen LogP contribution in [0, 0.1) is 11.6 Å². The SMILES string of the molecule is CNc1cc(F)c(S(C)=O)cc1F. The molecule has 1 atom stereocenters. The molecule has 0 saturated heterocycles. The molecule has 0 spiro atoms. The summed E-state index contributed by atoms with van der Waals surface area (Å²) in [5.74, 6) is -1.26. The minimum absolute atomic E-state index is 0.0618. The summed E-state index contributed by atoms with van der Waals surface area (Å²) in [6, 6.07) is 1.93. The van der Waals surface area contributed by atoms with Crippen molar-refractivity contribution in [3.05, 3.63) is 23.8 Å². The van der Waals surface area contributed by atoms with Crippen LogP contribution in [0.2, 0.25) is 0 Å². The first-order valence-electron chi connectivity index (χ1n) is 3.56. The zero-order valence-electron chi connectivity index (χ0n) is 7.23. The average molecular weight is 205 g/mol. The van der Waals surface area contributed by atoms with E-state index >= 15 is 0 Å². The molecule has 1 N–H and O–H groups in total. The van der Waals surface area contributed by atoms with Crippen LogP contribution in [-0.4, -0.2) is 17.5 Å². The lowest BCUT2D eigenvalue weighted by atomic mass is 10.3. The van der Waals surface area contributed by atoms with Gasteiger partial charge >= 0.3 is 0 Å². The predicted molar refractivity (Wildman–Crippen MR) is 48.2 cm³/mol. The fourth-order valence-electron chi connectivity index (χ4n) is 0.940. The van der Waals surface area contributed by atoms with E-state index in [1.807, 2.05) is 0 Å². The lowest BCUT2D eigenvalue weighted by Crippen LogP contribution is -1.99. The van der Waals surface area contributed by atoms with E-state index in [1.165, 1.54) is 13.3 Å². The molecule has 2 nitrogen and oxygen atoms in total. The van der Waals surface area contributed by atoms with Gasteiger partial charge in [-0.2, -0.15) is 0 Å². The van der Waals surface area contributed by atoms with E-state index in [0.29, 0.717) is 0 Å². The highest BCUT2D eigenvalue weighted by Crippen LogP contribution is 2.20. The number of rotatable bonds is 2. The highest BCUT2D eigenvalue weighted by atomic mass is 32.2. The Hall–Kier alpha value is -0.970. The number of hydrogen-bond donors (Lipinski definition) is 1. The van der Waals surface area contributed by atoms with Gasteiger partial charge in [0.2, 0.25) is 0 Å². The van der Waals surface area contributed by atoms with Crippen LogP contribution in [0.4, 0.5) is 14.5 Å². The molecule has 0 radical (unpaired) electrons. The molecule has 0 aliphatic rings. The van der Waals surface area contributed by atoms with Gasteiger partial charge in [0.1, 0.15) is 11.6 Å². The van der Waals surface area contributed by atoms with Gasteiger partial charge < -0.3 is 5.32 Å². The minimum atomic E-state index is -1.50. The van der Waals surface area contributed by atoms with Crippen molar-refractivity contribution in [2.75, 3.05) is 18.6 Å². The first-order valence-corrected chi connectivity index (χ1v) is 5.12. The summed E-state index contributed by atoms with van der Waals surface area (Å²) in [5, 5.41) is 2.49. The van der Waals surface area contributed by atoms with Gasteiger partial charge in [0.05, 0.1) is 21.4 Å². The Labute approximate surface area is 77.4 Å². The summed E-state index contributed by atoms with van der Waals surface area (Å²) in [6.45, 7) is 0. The predicted octanol–water partition coefficient (Wildman–Crippen LogP) is 1.74. The molecular weight excluding hydrogens is 196 g/mol. The van der Waals surface area contributed by atoms with Crippen LogP contribution in [0.5, 0.6) is 0 Å². The second kappa shape index (κ2) is 3.83. The summed E-state index contributed by atoms with van der Waals surface area (Å²) in [5.41, 5.74) is 0.0618. The van der Waals surface area contributed by atoms with Crippen LogP contribution in [-0.2, 0) is 10.8 Å². The Morgan fingerprint density at radius 1 is 1.31 bits per heavy atom. The van der Waals surface area contributed by atoms with Crippen LogP contribution in [0.25, 0.3) is 0 Å². The second-order valence-electron chi connectivity index (χ2n) is 2.47. The van der Waals surface area contributed by atoms with Crippen molar-refractivity contribution in [2.24, 2.45) is 0 Å². The van der Waals surface area contributed by atoms with E-state index in [2.05, 4.69) is 5.32 Å². The lowest BCUT2D eigenvalue weighted by Gasteiger charge is -2.04. The van der Waals surface area contributed by atoms with Crippen molar-refractivity contribution >= 4 is 16.5 Å². The number of nitrogens with one attached hydrogen (secondary N) is 1. The van der Waals surface area contributed by atoms with Crippen molar-refractivity contribution in [3.63, 3.8) is 0 Å². The molecule has 1 unspecified atom stereocenters. The fraction of sp³-hybridized carbons (Fsp3) is 0.250. The number of hydrogen-bond acceptors (Lipinski definition) is 2. The Balaban J connectivity index is 3.28. The van der Waals surface area contributed by atoms with Gasteiger partial charge in [-0.3, -0.25) is 4.21 Å². The Kier molecular flexibility index (Phi) is 2.98. The molecule has 5 heteroatoms. The molecule has 0 heterocycles. The summed E-state index contributed by atoms with van der Waals surface area (Å²) >= 11 is 0. The number of anilines is 1. The minimum Gasteiger partial charge on any atom is -0.386 e. The van der Waals surface area contributed by atoms with Crippen molar-refractivity contribution in [1.82, 2.24) is 0 Å². The van der Waals surface area contributed by atoms with Crippen LogP contribution in [0.3, 0.4) is 0 Å². The molecule has 72 valence electrons. The van der Waals surface area contributed by atoms with E-state index in [9.17, 15) is 13.0 Å². The molecule has 0 aromatic heterocycles. The van der Waals surface area contributed by atoms with Gasteiger partial charge in [-0.1, -0.05) is 0 Å². The molecule has 0 fully saturated rings. The largest absolute Gasteiger partial charge is 0.386 e. The quantitative estimate of drug-likeness (QED) is 0.796. The molecule has 0 aliphatic carbocycles. The zero-order chi connectivity index (χ0) is 10.0. The maximum atomic E-state index is 13.1. The Morgan fingerprint density at radius 2 is 1.92 bits per heavy atom. The van der Waals surface area contributed by atoms with E-state index < -0.39 is 22.4 Å². The first-order chi connectivity index (χ1) is 6.06. The van der Waals surface area contributed by atoms with Gasteiger partial charge in [-0.05, 0) is 6.07 Å². The Morgan fingerprint density at radius 3 is 2.38 bits per heavy atom. The van der Waals surface area contributed by atoms with Crippen molar-refractivity contribution < 1.29 is 13.0 Å². The molecule has 1 aromatic rings. The van der Waals surface area contributed by atoms with Crippen LogP contribution in [0.1, 0.15) is 0 Å². The van der Waals surface area contributed by atoms with Crippen molar-refractivity contribution in [2.45, 2.75) is 4.90 Å². The zero-order valence-corrected chi connectivity index (χ0v) is 8.04. The Bertz CT molecular complexity index is 354. The maximum absolute atomic E-state index is 13.1. The molecule has 1 rings (SSSR count). The van der Waals surface area contributed by atoms with Gasteiger partial charge in [0.15, 0.2) is 0 Å². The molecule has 13 heavy (non-hydrogen) atoms. The van der Waals surface area contributed by atoms with Crippen molar-refractivity contribution in [3.8, 4) is 0 Å². The summed E-state index contributed by atoms with van der Waals surface area (Å²) in [7, 11) is -0.0173. The second-order valence-corrected chi connectivity index (χ2v) is 3.81. The number of halogens is 2. The van der Waals surface area contributed by atoms with Gasteiger partial charge in [-0.25, -0.2) is 8.78 Å². The molecule has 0 amide bonds. The monoisotopic (exact) mass is 205 g/mol. The third-order valence-corrected chi connectivity index (χ3v) is 2.53. The molecule has 0 saturated carbocycles. The topological polar surface area (TPSA) is 29.1 Å². The molecule has 0 aliphatic heterocycles. The standard InChI is InChI=1S/C8H9F2NOS/c1-11-7-3-6(10)8(13(2)12)4-5(7)9/h3-4,11H,1-2H3. The normalized spacial score (nSPS) is 12.6. The summed E-state index contributed by atoms with van der Waals surface area (Å²) < 4.78 is 37.0. The van der Waals surface area contributed by atoms with Crippen LogP contribution >= 0.6 is 0 Å². The molecule has 1 aromatic carbocycles. The summed E-state index contributed by atoms with van der Waals surface area (Å²) in [4.78, 5) is -0.114. The van der Waals surface area contributed by atoms with Gasteiger partial charge in [0.25, 0.3) is 0 Å². The maximum Gasteiger partial charge on any atom is 0.147 e. The molecule has 0 bridgehead atoms. The van der Waals surface area contributed by atoms with E-state index in [0.717, 1.165) is 12.1 Å². The average Bonchev–Trinajstić information content (AvgIpc) is 2.07. The van der Waals surface area contributed by atoms with Gasteiger partial charge in [0, 0.05) is 19.4 Å². The van der Waals surface area contributed by atoms with Crippen LogP contribution < -0.4 is 5.32 Å². The van der Waals surface area contributed by atoms with E-state index in [1.54, 1.807) is 0 Å². The highest BCUT2D eigenvalue weighted by molar-refractivity contribution is 7.84. The summed E-state index contributed by atoms with van der Waals surface area (Å²) in [6.07, 6.45) is 1.30. The fourth-order valence-corrected chi connectivity index (χ4v) is 1.54. The van der Waals surface area contributed by atoms with Crippen molar-refractivity contribution in [1.29, 1.82) is 0 Å². The number of benzene rings is 1.